The Labute approximate surface area is 98.3 Å². The highest BCUT2D eigenvalue weighted by Gasteiger charge is 2.44. The van der Waals surface area contributed by atoms with Crippen molar-refractivity contribution in [2.24, 2.45) is 5.92 Å². The lowest BCUT2D eigenvalue weighted by atomic mass is 10.0. The van der Waals surface area contributed by atoms with Crippen LogP contribution in [0.15, 0.2) is 24.3 Å². The molecule has 2 rings (SSSR count). The summed E-state index contributed by atoms with van der Waals surface area (Å²) in [5, 5.41) is 8.81. The van der Waals surface area contributed by atoms with E-state index in [1.54, 1.807) is 12.1 Å². The van der Waals surface area contributed by atoms with Crippen molar-refractivity contribution >= 4 is 5.97 Å². The van der Waals surface area contributed by atoms with Crippen LogP contribution < -0.4 is 0 Å². The largest absolute Gasteiger partial charge is 0.481 e. The van der Waals surface area contributed by atoms with Gasteiger partial charge in [-0.05, 0) is 24.0 Å². The smallest absolute Gasteiger partial charge is 0.307 e. The number of carboxylic acid groups (broad SMARTS) is 1. The van der Waals surface area contributed by atoms with Crippen molar-refractivity contribution in [3.8, 4) is 0 Å². The van der Waals surface area contributed by atoms with E-state index in [9.17, 15) is 13.6 Å². The highest BCUT2D eigenvalue weighted by atomic mass is 19.3. The molecule has 0 amide bonds. The average molecular weight is 240 g/mol. The van der Waals surface area contributed by atoms with Gasteiger partial charge in [0.05, 0.1) is 5.92 Å². The summed E-state index contributed by atoms with van der Waals surface area (Å²) in [6.07, 6.45) is 0.306. The quantitative estimate of drug-likeness (QED) is 0.876. The maximum atomic E-state index is 13.5. The van der Waals surface area contributed by atoms with E-state index in [2.05, 4.69) is 0 Å². The van der Waals surface area contributed by atoms with Crippen molar-refractivity contribution < 1.29 is 18.7 Å². The molecule has 0 aliphatic heterocycles. The summed E-state index contributed by atoms with van der Waals surface area (Å²) in [5.74, 6) is -4.17. The number of halogens is 2. The first-order valence-electron chi connectivity index (χ1n) is 5.66. The minimum absolute atomic E-state index is 0.0199. The first kappa shape index (κ1) is 12.0. The van der Waals surface area contributed by atoms with Gasteiger partial charge in [-0.1, -0.05) is 25.1 Å². The van der Waals surface area contributed by atoms with Gasteiger partial charge in [-0.2, -0.15) is 0 Å². The van der Waals surface area contributed by atoms with Crippen LogP contribution in [0.2, 0.25) is 0 Å². The molecule has 2 atom stereocenters. The van der Waals surface area contributed by atoms with Gasteiger partial charge >= 0.3 is 5.97 Å². The number of rotatable bonds is 4. The molecule has 0 bridgehead atoms. The molecular formula is C13H14F2O2. The van der Waals surface area contributed by atoms with E-state index < -0.39 is 17.8 Å². The van der Waals surface area contributed by atoms with Crippen LogP contribution in [0.4, 0.5) is 8.78 Å². The first-order valence-corrected chi connectivity index (χ1v) is 5.66. The Balaban J connectivity index is 2.22. The molecule has 4 heteroatoms. The molecule has 1 aliphatic rings. The molecular weight excluding hydrogens is 226 g/mol. The Bertz CT molecular complexity index is 443. The molecule has 17 heavy (non-hydrogen) atoms. The normalized spacial score (nSPS) is 23.5. The second kappa shape index (κ2) is 4.09. The number of carbonyl (C=O) groups is 1. The molecule has 1 aliphatic carbocycles. The number of benzene rings is 1. The molecule has 0 heterocycles. The molecule has 0 aromatic heterocycles. The zero-order valence-electron chi connectivity index (χ0n) is 9.49. The van der Waals surface area contributed by atoms with Crippen molar-refractivity contribution in [2.75, 3.05) is 0 Å². The van der Waals surface area contributed by atoms with Gasteiger partial charge in [-0.25, -0.2) is 8.78 Å². The van der Waals surface area contributed by atoms with Gasteiger partial charge in [0.15, 0.2) is 0 Å². The molecule has 0 saturated heterocycles. The van der Waals surface area contributed by atoms with E-state index in [1.807, 2.05) is 0 Å². The topological polar surface area (TPSA) is 37.3 Å². The first-order chi connectivity index (χ1) is 7.95. The maximum absolute atomic E-state index is 13.5. The Morgan fingerprint density at radius 2 is 2.24 bits per heavy atom. The highest BCUT2D eigenvalue weighted by molar-refractivity contribution is 5.75. The monoisotopic (exact) mass is 240 g/mol. The Hall–Kier alpha value is -1.45. The minimum atomic E-state index is -2.83. The van der Waals surface area contributed by atoms with E-state index in [-0.39, 0.29) is 17.9 Å². The van der Waals surface area contributed by atoms with Gasteiger partial charge < -0.3 is 5.11 Å². The SMILES string of the molecule is CCC(F)(F)c1cccc(C2CC2C(=O)O)c1. The van der Waals surface area contributed by atoms with Gasteiger partial charge in [-0.3, -0.25) is 4.79 Å². The zero-order chi connectivity index (χ0) is 12.6. The summed E-state index contributed by atoms with van der Waals surface area (Å²) in [7, 11) is 0. The molecule has 1 saturated carbocycles. The summed E-state index contributed by atoms with van der Waals surface area (Å²) in [6.45, 7) is 1.43. The fraction of sp³-hybridized carbons (Fsp3) is 0.462. The van der Waals surface area contributed by atoms with Crippen LogP contribution in [-0.2, 0) is 10.7 Å². The van der Waals surface area contributed by atoms with E-state index in [4.69, 9.17) is 5.11 Å². The molecule has 92 valence electrons. The predicted molar refractivity (Wildman–Crippen MR) is 59.1 cm³/mol. The highest BCUT2D eigenvalue weighted by Crippen LogP contribution is 2.48. The van der Waals surface area contributed by atoms with Crippen LogP contribution in [0.1, 0.15) is 36.8 Å². The lowest BCUT2D eigenvalue weighted by molar-refractivity contribution is -0.138. The van der Waals surface area contributed by atoms with E-state index in [0.29, 0.717) is 12.0 Å². The Morgan fingerprint density at radius 1 is 1.53 bits per heavy atom. The molecule has 2 nitrogen and oxygen atoms in total. The van der Waals surface area contributed by atoms with Gasteiger partial charge in [-0.15, -0.1) is 0 Å². The molecule has 1 N–H and O–H groups in total. The number of hydrogen-bond donors (Lipinski definition) is 1. The zero-order valence-corrected chi connectivity index (χ0v) is 9.49. The van der Waals surface area contributed by atoms with Gasteiger partial charge in [0.1, 0.15) is 0 Å². The van der Waals surface area contributed by atoms with Gasteiger partial charge in [0.25, 0.3) is 5.92 Å². The van der Waals surface area contributed by atoms with Gasteiger partial charge in [0, 0.05) is 12.0 Å². The van der Waals surface area contributed by atoms with E-state index in [1.165, 1.54) is 19.1 Å². The molecule has 2 unspecified atom stereocenters. The van der Waals surface area contributed by atoms with Crippen molar-refractivity contribution in [1.82, 2.24) is 0 Å². The van der Waals surface area contributed by atoms with Crippen LogP contribution in [-0.4, -0.2) is 11.1 Å². The van der Waals surface area contributed by atoms with Crippen LogP contribution in [0.5, 0.6) is 0 Å². The number of alkyl halides is 2. The predicted octanol–water partition coefficient (Wildman–Crippen LogP) is 3.38. The molecule has 0 spiro atoms. The van der Waals surface area contributed by atoms with Crippen LogP contribution >= 0.6 is 0 Å². The van der Waals surface area contributed by atoms with Crippen molar-refractivity contribution in [3.63, 3.8) is 0 Å². The maximum Gasteiger partial charge on any atom is 0.307 e. The van der Waals surface area contributed by atoms with Crippen molar-refractivity contribution in [3.05, 3.63) is 35.4 Å². The summed E-state index contributed by atoms with van der Waals surface area (Å²) >= 11 is 0. The fourth-order valence-corrected chi connectivity index (χ4v) is 2.04. The van der Waals surface area contributed by atoms with E-state index >= 15 is 0 Å². The number of aliphatic carboxylic acids is 1. The fourth-order valence-electron chi connectivity index (χ4n) is 2.04. The molecule has 1 aromatic rings. The Kier molecular flexibility index (Phi) is 2.89. The molecule has 1 fully saturated rings. The third-order valence-electron chi connectivity index (χ3n) is 3.29. The second-order valence-corrected chi connectivity index (χ2v) is 4.47. The van der Waals surface area contributed by atoms with Crippen LogP contribution in [0.3, 0.4) is 0 Å². The lowest BCUT2D eigenvalue weighted by Gasteiger charge is -2.15. The van der Waals surface area contributed by atoms with Crippen molar-refractivity contribution in [2.45, 2.75) is 31.6 Å². The Morgan fingerprint density at radius 3 is 2.76 bits per heavy atom. The van der Waals surface area contributed by atoms with Crippen LogP contribution in [0.25, 0.3) is 0 Å². The third-order valence-corrected chi connectivity index (χ3v) is 3.29. The van der Waals surface area contributed by atoms with Crippen molar-refractivity contribution in [1.29, 1.82) is 0 Å². The van der Waals surface area contributed by atoms with E-state index in [0.717, 1.165) is 0 Å². The third kappa shape index (κ3) is 2.30. The summed E-state index contributed by atoms with van der Waals surface area (Å²) in [5.41, 5.74) is 0.691. The average Bonchev–Trinajstić information content (AvgIpc) is 3.09. The number of carboxylic acids is 1. The van der Waals surface area contributed by atoms with Crippen LogP contribution in [0, 0.1) is 5.92 Å². The number of hydrogen-bond acceptors (Lipinski definition) is 1. The van der Waals surface area contributed by atoms with Gasteiger partial charge in [0.2, 0.25) is 0 Å². The summed E-state index contributed by atoms with van der Waals surface area (Å²) in [4.78, 5) is 10.7. The molecule has 1 aromatic carbocycles. The minimum Gasteiger partial charge on any atom is -0.481 e. The standard InChI is InChI=1S/C13H14F2O2/c1-2-13(14,15)9-5-3-4-8(6-9)10-7-11(10)12(16)17/h3-6,10-11H,2,7H2,1H3,(H,16,17). The second-order valence-electron chi connectivity index (χ2n) is 4.47. The molecule has 0 radical (unpaired) electrons. The summed E-state index contributed by atoms with van der Waals surface area (Å²) < 4.78 is 27.0. The summed E-state index contributed by atoms with van der Waals surface area (Å²) in [6, 6.07) is 6.14. The lowest BCUT2D eigenvalue weighted by Crippen LogP contribution is -2.11.